The fourth-order valence-electron chi connectivity index (χ4n) is 3.11. The zero-order chi connectivity index (χ0) is 19.2. The molecule has 0 aliphatic carbocycles. The largest absolute Gasteiger partial charge is 0.497 e. The van der Waals surface area contributed by atoms with E-state index < -0.39 is 0 Å². The molecule has 0 radical (unpaired) electrons. The van der Waals surface area contributed by atoms with Crippen molar-refractivity contribution < 1.29 is 9.53 Å². The minimum Gasteiger partial charge on any atom is -0.497 e. The van der Waals surface area contributed by atoms with Crippen molar-refractivity contribution in [3.63, 3.8) is 0 Å². The van der Waals surface area contributed by atoms with Crippen LogP contribution in [0.15, 0.2) is 54.6 Å². The molecule has 0 fully saturated rings. The van der Waals surface area contributed by atoms with Crippen molar-refractivity contribution in [2.24, 2.45) is 0 Å². The van der Waals surface area contributed by atoms with Crippen LogP contribution in [0.1, 0.15) is 28.9 Å². The van der Waals surface area contributed by atoms with Crippen LogP contribution in [-0.4, -0.2) is 22.8 Å². The topological polar surface area (TPSA) is 56.1 Å². The van der Waals surface area contributed by atoms with Crippen molar-refractivity contribution in [3.8, 4) is 11.4 Å². The van der Waals surface area contributed by atoms with E-state index in [0.29, 0.717) is 19.4 Å². The monoisotopic (exact) mass is 363 g/mol. The molecule has 0 saturated carbocycles. The van der Waals surface area contributed by atoms with E-state index in [2.05, 4.69) is 10.4 Å². The summed E-state index contributed by atoms with van der Waals surface area (Å²) < 4.78 is 7.15. The summed E-state index contributed by atoms with van der Waals surface area (Å²) in [6, 6.07) is 17.8. The van der Waals surface area contributed by atoms with Gasteiger partial charge >= 0.3 is 0 Å². The maximum Gasteiger partial charge on any atom is 0.220 e. The number of hydrogen-bond donors (Lipinski definition) is 1. The van der Waals surface area contributed by atoms with E-state index in [9.17, 15) is 4.79 Å². The Morgan fingerprint density at radius 3 is 2.63 bits per heavy atom. The first-order chi connectivity index (χ1) is 13.1. The first kappa shape index (κ1) is 18.7. The summed E-state index contributed by atoms with van der Waals surface area (Å²) in [7, 11) is 1.64. The average molecular weight is 363 g/mol. The van der Waals surface area contributed by atoms with Gasteiger partial charge in [0.1, 0.15) is 5.75 Å². The summed E-state index contributed by atoms with van der Waals surface area (Å²) in [6.07, 6.45) is 1.13. The molecule has 3 aromatic rings. The van der Waals surface area contributed by atoms with Gasteiger partial charge in [-0.05, 0) is 50.1 Å². The van der Waals surface area contributed by atoms with Gasteiger partial charge in [-0.15, -0.1) is 0 Å². The van der Waals surface area contributed by atoms with Crippen molar-refractivity contribution in [2.45, 2.75) is 33.2 Å². The Hall–Kier alpha value is -3.08. The number of aromatic nitrogens is 2. The Labute approximate surface area is 160 Å². The normalized spacial score (nSPS) is 10.6. The van der Waals surface area contributed by atoms with Gasteiger partial charge < -0.3 is 10.1 Å². The van der Waals surface area contributed by atoms with Gasteiger partial charge in [-0.25, -0.2) is 4.68 Å². The maximum atomic E-state index is 12.3. The van der Waals surface area contributed by atoms with E-state index in [-0.39, 0.29) is 5.91 Å². The molecule has 5 heteroatoms. The van der Waals surface area contributed by atoms with Gasteiger partial charge in [-0.3, -0.25) is 4.79 Å². The second-order valence-electron chi connectivity index (χ2n) is 6.52. The third-order valence-electron chi connectivity index (χ3n) is 4.68. The summed E-state index contributed by atoms with van der Waals surface area (Å²) in [4.78, 5) is 12.3. The molecule has 3 rings (SSSR count). The first-order valence-electron chi connectivity index (χ1n) is 9.08. The number of hydrogen-bond acceptors (Lipinski definition) is 3. The molecular formula is C22H25N3O2. The molecule has 27 heavy (non-hydrogen) atoms. The van der Waals surface area contributed by atoms with Gasteiger partial charge in [-0.2, -0.15) is 5.10 Å². The van der Waals surface area contributed by atoms with E-state index in [1.165, 1.54) is 0 Å². The highest BCUT2D eigenvalue weighted by molar-refractivity contribution is 5.76. The highest BCUT2D eigenvalue weighted by Gasteiger charge is 2.13. The van der Waals surface area contributed by atoms with Crippen LogP contribution in [0.4, 0.5) is 0 Å². The third-order valence-corrected chi connectivity index (χ3v) is 4.68. The fraction of sp³-hybridized carbons (Fsp3) is 0.273. The lowest BCUT2D eigenvalue weighted by Crippen LogP contribution is -2.23. The molecule has 0 aliphatic heterocycles. The molecule has 0 atom stereocenters. The fourth-order valence-corrected chi connectivity index (χ4v) is 3.11. The number of aryl methyl sites for hydroxylation is 2. The Morgan fingerprint density at radius 1 is 1.11 bits per heavy atom. The molecular weight excluding hydrogens is 338 g/mol. The SMILES string of the molecule is COc1cccc(CCC(=O)NCc2c(C)nn(-c3ccccc3)c2C)c1. The highest BCUT2D eigenvalue weighted by atomic mass is 16.5. The van der Waals surface area contributed by atoms with E-state index in [1.54, 1.807) is 7.11 Å². The van der Waals surface area contributed by atoms with Crippen LogP contribution in [0.2, 0.25) is 0 Å². The predicted octanol–water partition coefficient (Wildman–Crippen LogP) is 3.75. The van der Waals surface area contributed by atoms with E-state index in [4.69, 9.17) is 4.74 Å². The average Bonchev–Trinajstić information content (AvgIpc) is 2.99. The molecule has 1 heterocycles. The minimum absolute atomic E-state index is 0.0316. The number of benzene rings is 2. The van der Waals surface area contributed by atoms with Gasteiger partial charge in [0.15, 0.2) is 0 Å². The maximum absolute atomic E-state index is 12.3. The molecule has 140 valence electrons. The Bertz CT molecular complexity index is 917. The first-order valence-corrected chi connectivity index (χ1v) is 9.08. The molecule has 5 nitrogen and oxygen atoms in total. The second kappa shape index (κ2) is 8.54. The molecule has 1 aromatic heterocycles. The minimum atomic E-state index is 0.0316. The van der Waals surface area contributed by atoms with Gasteiger partial charge in [0.2, 0.25) is 5.91 Å². The molecule has 1 N–H and O–H groups in total. The predicted molar refractivity (Wildman–Crippen MR) is 106 cm³/mol. The lowest BCUT2D eigenvalue weighted by molar-refractivity contribution is -0.121. The molecule has 0 spiro atoms. The molecule has 0 bridgehead atoms. The second-order valence-corrected chi connectivity index (χ2v) is 6.52. The lowest BCUT2D eigenvalue weighted by atomic mass is 10.1. The molecule has 0 aliphatic rings. The van der Waals surface area contributed by atoms with Crippen LogP contribution < -0.4 is 10.1 Å². The van der Waals surface area contributed by atoms with Crippen molar-refractivity contribution in [1.82, 2.24) is 15.1 Å². The number of ether oxygens (including phenoxy) is 1. The molecule has 0 saturated heterocycles. The summed E-state index contributed by atoms with van der Waals surface area (Å²) in [5, 5.41) is 7.64. The number of nitrogens with zero attached hydrogens (tertiary/aromatic N) is 2. The summed E-state index contributed by atoms with van der Waals surface area (Å²) >= 11 is 0. The zero-order valence-electron chi connectivity index (χ0n) is 16.0. The standard InChI is InChI=1S/C22H25N3O2/c1-16-21(17(2)25(24-16)19-9-5-4-6-10-19)15-23-22(26)13-12-18-8-7-11-20(14-18)27-3/h4-11,14H,12-13,15H2,1-3H3,(H,23,26). The van der Waals surface area contributed by atoms with E-state index in [0.717, 1.165) is 34.0 Å². The highest BCUT2D eigenvalue weighted by Crippen LogP contribution is 2.18. The number of para-hydroxylation sites is 1. The van der Waals surface area contributed by atoms with Crippen molar-refractivity contribution in [3.05, 3.63) is 77.1 Å². The number of carbonyl (C=O) groups excluding carboxylic acids is 1. The van der Waals surface area contributed by atoms with Gasteiger partial charge in [0.05, 0.1) is 18.5 Å². The van der Waals surface area contributed by atoms with Crippen molar-refractivity contribution >= 4 is 5.91 Å². The summed E-state index contributed by atoms with van der Waals surface area (Å²) in [5.41, 5.74) is 5.16. The number of rotatable bonds is 7. The van der Waals surface area contributed by atoms with Gasteiger partial charge in [0, 0.05) is 24.2 Å². The van der Waals surface area contributed by atoms with Crippen molar-refractivity contribution in [2.75, 3.05) is 7.11 Å². The quantitative estimate of drug-likeness (QED) is 0.696. The van der Waals surface area contributed by atoms with Crippen LogP contribution in [-0.2, 0) is 17.8 Å². The van der Waals surface area contributed by atoms with Gasteiger partial charge in [-0.1, -0.05) is 30.3 Å². The number of methoxy groups -OCH3 is 1. The van der Waals surface area contributed by atoms with E-state index >= 15 is 0 Å². The zero-order valence-corrected chi connectivity index (χ0v) is 16.0. The number of carbonyl (C=O) groups is 1. The van der Waals surface area contributed by atoms with Crippen LogP contribution >= 0.6 is 0 Å². The Morgan fingerprint density at radius 2 is 1.89 bits per heavy atom. The van der Waals surface area contributed by atoms with Crippen LogP contribution in [0, 0.1) is 13.8 Å². The number of nitrogens with one attached hydrogen (secondary N) is 1. The van der Waals surface area contributed by atoms with Crippen LogP contribution in [0.25, 0.3) is 5.69 Å². The summed E-state index contributed by atoms with van der Waals surface area (Å²) in [5.74, 6) is 0.844. The van der Waals surface area contributed by atoms with Crippen LogP contribution in [0.3, 0.4) is 0 Å². The Kier molecular flexibility index (Phi) is 5.91. The van der Waals surface area contributed by atoms with Gasteiger partial charge in [0.25, 0.3) is 0 Å². The molecule has 0 unspecified atom stereocenters. The summed E-state index contributed by atoms with van der Waals surface area (Å²) in [6.45, 7) is 4.50. The molecule has 1 amide bonds. The van der Waals surface area contributed by atoms with E-state index in [1.807, 2.05) is 73.1 Å². The lowest BCUT2D eigenvalue weighted by Gasteiger charge is -2.08. The smallest absolute Gasteiger partial charge is 0.220 e. The van der Waals surface area contributed by atoms with Crippen LogP contribution in [0.5, 0.6) is 5.75 Å². The third kappa shape index (κ3) is 4.56. The van der Waals surface area contributed by atoms with Crippen molar-refractivity contribution in [1.29, 1.82) is 0 Å². The number of amides is 1. The molecule has 2 aromatic carbocycles. The Balaban J connectivity index is 1.60.